The van der Waals surface area contributed by atoms with E-state index >= 15 is 0 Å². The molecule has 0 bridgehead atoms. The van der Waals surface area contributed by atoms with Gasteiger partial charge >= 0.3 is 0 Å². The van der Waals surface area contributed by atoms with Crippen molar-refractivity contribution >= 4 is 17.6 Å². The van der Waals surface area contributed by atoms with Gasteiger partial charge in [-0.05, 0) is 25.7 Å². The Labute approximate surface area is 161 Å². The third-order valence-corrected chi connectivity index (χ3v) is 4.40. The highest BCUT2D eigenvalue weighted by Gasteiger charge is 2.18. The summed E-state index contributed by atoms with van der Waals surface area (Å²) in [5, 5.41) is 34.1. The summed E-state index contributed by atoms with van der Waals surface area (Å²) in [6, 6.07) is -0.466. The van der Waals surface area contributed by atoms with Crippen LogP contribution in [0.4, 0.5) is 0 Å². The molecule has 0 rings (SSSR count). The van der Waals surface area contributed by atoms with Crippen LogP contribution in [0.15, 0.2) is 0 Å². The van der Waals surface area contributed by atoms with Gasteiger partial charge in [-0.25, -0.2) is 0 Å². The van der Waals surface area contributed by atoms with Crippen LogP contribution < -0.4 is 10.6 Å². The quantitative estimate of drug-likeness (QED) is 0.276. The third-order valence-electron chi connectivity index (χ3n) is 4.40. The number of aliphatic hydroxyl groups is 3. The topological polar surface area (TPSA) is 136 Å². The molecule has 0 fully saturated rings. The minimum Gasteiger partial charge on any atom is -0.393 e. The van der Waals surface area contributed by atoms with Crippen molar-refractivity contribution in [3.05, 3.63) is 0 Å². The van der Waals surface area contributed by atoms with Gasteiger partial charge in [-0.1, -0.05) is 20.8 Å². The van der Waals surface area contributed by atoms with Crippen molar-refractivity contribution in [3.63, 3.8) is 0 Å². The molecule has 27 heavy (non-hydrogen) atoms. The second kappa shape index (κ2) is 14.5. The Balaban J connectivity index is 4.62. The van der Waals surface area contributed by atoms with Gasteiger partial charge in [0.2, 0.25) is 11.8 Å². The van der Waals surface area contributed by atoms with Gasteiger partial charge in [0.15, 0.2) is 0 Å². The number of nitrogens with one attached hydrogen (secondary N) is 2. The third kappa shape index (κ3) is 13.3. The first-order chi connectivity index (χ1) is 12.7. The Morgan fingerprint density at radius 3 is 1.78 bits per heavy atom. The number of Topliss-reactive ketones (excluding diaryl/α,β-unsaturated/α-hetero) is 1. The fourth-order valence-electron chi connectivity index (χ4n) is 2.38. The fourth-order valence-corrected chi connectivity index (χ4v) is 2.38. The van der Waals surface area contributed by atoms with Gasteiger partial charge < -0.3 is 26.0 Å². The molecule has 0 heterocycles. The van der Waals surface area contributed by atoms with Gasteiger partial charge in [0.25, 0.3) is 0 Å². The molecule has 0 aliphatic carbocycles. The van der Waals surface area contributed by atoms with E-state index < -0.39 is 24.4 Å². The number of ketones is 1. The predicted molar refractivity (Wildman–Crippen MR) is 102 cm³/mol. The lowest BCUT2D eigenvalue weighted by atomic mass is 10.0. The standard InChI is InChI=1S/C19H36N2O6/c1-4-14(22)9-17(25)8-7-13(21-19(27)11-16(24)6-3)12-20-18(26)10-15(23)5-2/h13-16,22-24H,4-12H2,1-3H3,(H,20,26)(H,21,27). The van der Waals surface area contributed by atoms with E-state index in [2.05, 4.69) is 10.6 Å². The Morgan fingerprint density at radius 2 is 1.26 bits per heavy atom. The largest absolute Gasteiger partial charge is 0.393 e. The molecule has 0 spiro atoms. The van der Waals surface area contributed by atoms with Crippen LogP contribution in [0.1, 0.15) is 72.1 Å². The number of carbonyl (C=O) groups excluding carboxylic acids is 3. The molecule has 0 aromatic heterocycles. The van der Waals surface area contributed by atoms with Gasteiger partial charge in [-0.3, -0.25) is 14.4 Å². The SMILES string of the molecule is CCC(O)CC(=O)CCC(CNC(=O)CC(O)CC)NC(=O)CC(O)CC. The zero-order valence-corrected chi connectivity index (χ0v) is 16.7. The van der Waals surface area contributed by atoms with Crippen LogP contribution in [0.5, 0.6) is 0 Å². The Bertz CT molecular complexity index is 429. The van der Waals surface area contributed by atoms with E-state index in [9.17, 15) is 29.7 Å². The Morgan fingerprint density at radius 1 is 0.778 bits per heavy atom. The minimum absolute atomic E-state index is 0.0205. The molecule has 0 aromatic rings. The highest BCUT2D eigenvalue weighted by Crippen LogP contribution is 2.06. The number of rotatable bonds is 15. The predicted octanol–water partition coefficient (Wildman–Crippen LogP) is 0.420. The Hall–Kier alpha value is -1.51. The maximum Gasteiger partial charge on any atom is 0.222 e. The van der Waals surface area contributed by atoms with Crippen molar-refractivity contribution < 1.29 is 29.7 Å². The summed E-state index contributed by atoms with van der Waals surface area (Å²) in [5.41, 5.74) is 0. The second-order valence-electron chi connectivity index (χ2n) is 6.94. The van der Waals surface area contributed by atoms with E-state index in [1.807, 2.05) is 0 Å². The van der Waals surface area contributed by atoms with Crippen molar-refractivity contribution in [2.24, 2.45) is 0 Å². The summed E-state index contributed by atoms with van der Waals surface area (Å²) in [6.45, 7) is 5.47. The zero-order valence-electron chi connectivity index (χ0n) is 16.7. The molecule has 0 aromatic carbocycles. The molecule has 0 saturated heterocycles. The van der Waals surface area contributed by atoms with Crippen molar-refractivity contribution in [2.45, 2.75) is 96.5 Å². The van der Waals surface area contributed by atoms with Crippen molar-refractivity contribution in [2.75, 3.05) is 6.54 Å². The van der Waals surface area contributed by atoms with E-state index in [-0.39, 0.29) is 49.8 Å². The molecule has 0 aliphatic heterocycles. The first-order valence-electron chi connectivity index (χ1n) is 9.83. The average molecular weight is 389 g/mol. The highest BCUT2D eigenvalue weighted by atomic mass is 16.3. The average Bonchev–Trinajstić information content (AvgIpc) is 2.63. The van der Waals surface area contributed by atoms with Crippen molar-refractivity contribution in [1.29, 1.82) is 0 Å². The van der Waals surface area contributed by atoms with Crippen LogP contribution in [0.3, 0.4) is 0 Å². The zero-order chi connectivity index (χ0) is 20.8. The lowest BCUT2D eigenvalue weighted by Crippen LogP contribution is -2.45. The maximum absolute atomic E-state index is 12.0. The summed E-state index contributed by atoms with van der Waals surface area (Å²) in [6.07, 6.45) is -0.195. The molecular formula is C19H36N2O6. The monoisotopic (exact) mass is 388 g/mol. The molecule has 4 atom stereocenters. The smallest absolute Gasteiger partial charge is 0.222 e. The number of hydrogen-bond donors (Lipinski definition) is 5. The summed E-state index contributed by atoms with van der Waals surface area (Å²) in [5.74, 6) is -0.784. The number of aliphatic hydroxyl groups excluding tert-OH is 3. The van der Waals surface area contributed by atoms with Crippen molar-refractivity contribution in [1.82, 2.24) is 10.6 Å². The molecule has 8 heteroatoms. The van der Waals surface area contributed by atoms with E-state index in [0.29, 0.717) is 25.7 Å². The summed E-state index contributed by atoms with van der Waals surface area (Å²) >= 11 is 0. The summed E-state index contributed by atoms with van der Waals surface area (Å²) < 4.78 is 0. The number of amides is 2. The molecule has 5 N–H and O–H groups in total. The van der Waals surface area contributed by atoms with E-state index in [4.69, 9.17) is 0 Å². The molecule has 0 saturated carbocycles. The first kappa shape index (κ1) is 25.5. The highest BCUT2D eigenvalue weighted by molar-refractivity contribution is 5.80. The fraction of sp³-hybridized carbons (Fsp3) is 0.842. The van der Waals surface area contributed by atoms with Gasteiger partial charge in [-0.2, -0.15) is 0 Å². The lowest BCUT2D eigenvalue weighted by molar-refractivity contribution is -0.126. The molecule has 0 aliphatic rings. The second-order valence-corrected chi connectivity index (χ2v) is 6.94. The maximum atomic E-state index is 12.0. The van der Waals surface area contributed by atoms with E-state index in [0.717, 1.165) is 0 Å². The molecule has 0 radical (unpaired) electrons. The van der Waals surface area contributed by atoms with Crippen LogP contribution in [0.2, 0.25) is 0 Å². The van der Waals surface area contributed by atoms with Gasteiger partial charge in [-0.15, -0.1) is 0 Å². The summed E-state index contributed by atoms with van der Waals surface area (Å²) in [4.78, 5) is 35.8. The lowest BCUT2D eigenvalue weighted by Gasteiger charge is -2.20. The first-order valence-corrected chi connectivity index (χ1v) is 9.83. The normalized spacial score (nSPS) is 15.5. The number of hydrogen-bond acceptors (Lipinski definition) is 6. The van der Waals surface area contributed by atoms with Crippen LogP contribution in [-0.4, -0.2) is 63.8 Å². The summed E-state index contributed by atoms with van der Waals surface area (Å²) in [7, 11) is 0. The van der Waals surface area contributed by atoms with E-state index in [1.165, 1.54) is 0 Å². The van der Waals surface area contributed by atoms with Crippen LogP contribution in [0.25, 0.3) is 0 Å². The number of carbonyl (C=O) groups is 3. The van der Waals surface area contributed by atoms with Crippen LogP contribution in [0, 0.1) is 0 Å². The molecule has 4 unspecified atom stereocenters. The molecular weight excluding hydrogens is 352 g/mol. The van der Waals surface area contributed by atoms with Crippen LogP contribution >= 0.6 is 0 Å². The van der Waals surface area contributed by atoms with Gasteiger partial charge in [0, 0.05) is 25.4 Å². The Kier molecular flexibility index (Phi) is 13.7. The minimum atomic E-state index is -0.735. The molecule has 2 amide bonds. The molecule has 158 valence electrons. The van der Waals surface area contributed by atoms with Crippen molar-refractivity contribution in [3.8, 4) is 0 Å². The van der Waals surface area contributed by atoms with E-state index in [1.54, 1.807) is 20.8 Å². The van der Waals surface area contributed by atoms with Gasteiger partial charge in [0.1, 0.15) is 5.78 Å². The van der Waals surface area contributed by atoms with Gasteiger partial charge in [0.05, 0.1) is 31.2 Å². The van der Waals surface area contributed by atoms with Crippen LogP contribution in [-0.2, 0) is 14.4 Å². The molecule has 8 nitrogen and oxygen atoms in total.